The summed E-state index contributed by atoms with van der Waals surface area (Å²) in [5, 5.41) is 0. The molecule has 3 heterocycles. The van der Waals surface area contributed by atoms with Crippen molar-refractivity contribution in [2.24, 2.45) is 11.8 Å². The van der Waals surface area contributed by atoms with Gasteiger partial charge in [-0.2, -0.15) is 0 Å². The van der Waals surface area contributed by atoms with Crippen LogP contribution in [0.4, 0.5) is 0 Å². The predicted molar refractivity (Wildman–Crippen MR) is 124 cm³/mol. The number of aryl methyl sites for hydroxylation is 1. The number of fused-ring (bicyclic) bond motifs is 6. The van der Waals surface area contributed by atoms with Crippen LogP contribution in [0.3, 0.4) is 0 Å². The lowest BCUT2D eigenvalue weighted by molar-refractivity contribution is -0.136. The van der Waals surface area contributed by atoms with Crippen molar-refractivity contribution in [3.05, 3.63) is 41.5 Å². The van der Waals surface area contributed by atoms with E-state index in [-0.39, 0.29) is 6.10 Å². The van der Waals surface area contributed by atoms with Crippen molar-refractivity contribution < 1.29 is 9.53 Å². The number of amides is 1. The Labute approximate surface area is 187 Å². The van der Waals surface area contributed by atoms with Gasteiger partial charge in [-0.05, 0) is 88.4 Å². The fraction of sp³-hybridized carbons (Fsp3) is 0.667. The van der Waals surface area contributed by atoms with Crippen molar-refractivity contribution in [1.82, 2.24) is 9.80 Å². The highest BCUT2D eigenvalue weighted by atomic mass is 16.5. The Balaban J connectivity index is 1.25. The summed E-state index contributed by atoms with van der Waals surface area (Å²) in [6, 6.07) is 9.40. The molecule has 4 atom stereocenters. The van der Waals surface area contributed by atoms with E-state index in [2.05, 4.69) is 28.0 Å². The molecule has 1 aliphatic carbocycles. The first-order valence-electron chi connectivity index (χ1n) is 12.6. The van der Waals surface area contributed by atoms with Gasteiger partial charge in [-0.1, -0.05) is 30.2 Å². The maximum atomic E-state index is 13.3. The first-order chi connectivity index (χ1) is 15.1. The summed E-state index contributed by atoms with van der Waals surface area (Å²) in [7, 11) is 0. The summed E-state index contributed by atoms with van der Waals surface area (Å²) < 4.78 is 5.74. The number of piperidine rings is 3. The lowest BCUT2D eigenvalue weighted by Crippen LogP contribution is -2.60. The summed E-state index contributed by atoms with van der Waals surface area (Å²) >= 11 is 0. The van der Waals surface area contributed by atoms with Gasteiger partial charge in [-0.15, -0.1) is 0 Å². The molecule has 1 aromatic rings. The number of hydrogen-bond donors (Lipinski definition) is 0. The monoisotopic (exact) mass is 422 g/mol. The highest BCUT2D eigenvalue weighted by Crippen LogP contribution is 2.45. The molecule has 0 aromatic heterocycles. The van der Waals surface area contributed by atoms with Crippen LogP contribution in [0.15, 0.2) is 35.9 Å². The van der Waals surface area contributed by atoms with E-state index < -0.39 is 0 Å². The van der Waals surface area contributed by atoms with Crippen LogP contribution < -0.4 is 4.74 Å². The quantitative estimate of drug-likeness (QED) is 0.637. The molecule has 2 bridgehead atoms. The zero-order valence-corrected chi connectivity index (χ0v) is 19.3. The van der Waals surface area contributed by atoms with Crippen LogP contribution >= 0.6 is 0 Å². The second-order valence-electron chi connectivity index (χ2n) is 10.4. The Morgan fingerprint density at radius 1 is 1.13 bits per heavy atom. The minimum atomic E-state index is 0.184. The van der Waals surface area contributed by atoms with Gasteiger partial charge >= 0.3 is 0 Å². The van der Waals surface area contributed by atoms with Gasteiger partial charge in [0.2, 0.25) is 5.91 Å². The minimum absolute atomic E-state index is 0.184. The molecule has 3 fully saturated rings. The second-order valence-corrected chi connectivity index (χ2v) is 10.4. The van der Waals surface area contributed by atoms with E-state index in [0.29, 0.717) is 24.3 Å². The van der Waals surface area contributed by atoms with Gasteiger partial charge in [-0.3, -0.25) is 9.69 Å². The van der Waals surface area contributed by atoms with Crippen LogP contribution in [-0.2, 0) is 11.2 Å². The Bertz CT molecular complexity index is 815. The Kier molecular flexibility index (Phi) is 6.10. The van der Waals surface area contributed by atoms with Crippen molar-refractivity contribution in [3.63, 3.8) is 0 Å². The zero-order valence-electron chi connectivity index (χ0n) is 19.3. The minimum Gasteiger partial charge on any atom is -0.491 e. The van der Waals surface area contributed by atoms with Crippen molar-refractivity contribution in [2.75, 3.05) is 19.6 Å². The molecule has 168 valence electrons. The van der Waals surface area contributed by atoms with Crippen LogP contribution in [0.1, 0.15) is 64.4 Å². The molecule has 4 unspecified atom stereocenters. The zero-order chi connectivity index (χ0) is 21.4. The third-order valence-electron chi connectivity index (χ3n) is 7.90. The van der Waals surface area contributed by atoms with Gasteiger partial charge in [0.25, 0.3) is 0 Å². The molecule has 4 heteroatoms. The summed E-state index contributed by atoms with van der Waals surface area (Å²) in [4.78, 5) is 18.4. The summed E-state index contributed by atoms with van der Waals surface area (Å²) in [5.74, 6) is 2.61. The molecular formula is C27H38N2O2. The maximum Gasteiger partial charge on any atom is 0.223 e. The van der Waals surface area contributed by atoms with Gasteiger partial charge in [0.15, 0.2) is 0 Å². The van der Waals surface area contributed by atoms with Crippen molar-refractivity contribution in [3.8, 4) is 5.75 Å². The largest absolute Gasteiger partial charge is 0.491 e. The average Bonchev–Trinajstić information content (AvgIpc) is 2.78. The molecule has 4 aliphatic rings. The molecule has 4 nitrogen and oxygen atoms in total. The van der Waals surface area contributed by atoms with Gasteiger partial charge in [0.05, 0.1) is 12.1 Å². The molecule has 0 spiro atoms. The Morgan fingerprint density at radius 2 is 1.97 bits per heavy atom. The van der Waals surface area contributed by atoms with Gasteiger partial charge < -0.3 is 9.64 Å². The third kappa shape index (κ3) is 4.41. The van der Waals surface area contributed by atoms with Gasteiger partial charge in [0, 0.05) is 25.6 Å². The first-order valence-corrected chi connectivity index (χ1v) is 12.6. The highest BCUT2D eigenvalue weighted by molar-refractivity contribution is 5.77. The molecule has 31 heavy (non-hydrogen) atoms. The molecule has 0 radical (unpaired) electrons. The van der Waals surface area contributed by atoms with Crippen LogP contribution in [0.2, 0.25) is 0 Å². The Hall–Kier alpha value is -1.81. The van der Waals surface area contributed by atoms with E-state index in [1.165, 1.54) is 50.8 Å². The molecule has 0 saturated carbocycles. The summed E-state index contributed by atoms with van der Waals surface area (Å²) in [6.07, 6.45) is 11.9. The molecule has 1 aromatic carbocycles. The molecule has 0 N–H and O–H groups in total. The number of nitrogens with zero attached hydrogens (tertiary/aromatic N) is 2. The average molecular weight is 423 g/mol. The molecular weight excluding hydrogens is 384 g/mol. The van der Waals surface area contributed by atoms with Gasteiger partial charge in [-0.25, -0.2) is 0 Å². The summed E-state index contributed by atoms with van der Waals surface area (Å²) in [6.45, 7) is 7.48. The van der Waals surface area contributed by atoms with E-state index in [4.69, 9.17) is 4.74 Å². The summed E-state index contributed by atoms with van der Waals surface area (Å²) in [5.41, 5.74) is 2.80. The number of carbonyl (C=O) groups is 1. The number of rotatable bonds is 5. The van der Waals surface area contributed by atoms with E-state index >= 15 is 0 Å². The molecule has 3 saturated heterocycles. The first kappa shape index (κ1) is 21.1. The number of carbonyl (C=O) groups excluding carboxylic acids is 1. The molecule has 5 rings (SSSR count). The number of likely N-dealkylation sites (tertiary alicyclic amines) is 1. The Morgan fingerprint density at radius 3 is 2.77 bits per heavy atom. The normalized spacial score (nSPS) is 30.4. The van der Waals surface area contributed by atoms with Gasteiger partial charge in [0.1, 0.15) is 5.75 Å². The van der Waals surface area contributed by atoms with E-state index in [0.717, 1.165) is 37.1 Å². The maximum absolute atomic E-state index is 13.3. The fourth-order valence-corrected chi connectivity index (χ4v) is 6.65. The van der Waals surface area contributed by atoms with Crippen molar-refractivity contribution in [1.29, 1.82) is 0 Å². The standard InChI is InChI=1S/C27H38N2O2/c1-19(2)31-24-11-8-20(9-12-24)10-13-26(30)29-15-5-6-21-16-22-17-23(27(21)29)18-28-14-4-3-7-25(22)28/h8-9,11-12,16,19,22-23,25,27H,3-7,10,13-15,17-18H2,1-2H3. The van der Waals surface area contributed by atoms with E-state index in [9.17, 15) is 4.79 Å². The SMILES string of the molecule is CC(C)Oc1ccc(CCC(=O)N2CCCC3=CC4CC(CN5CCCCC45)C32)cc1. The lowest BCUT2D eigenvalue weighted by atomic mass is 9.68. The predicted octanol–water partition coefficient (Wildman–Crippen LogP) is 4.83. The van der Waals surface area contributed by atoms with Crippen molar-refractivity contribution >= 4 is 5.91 Å². The smallest absolute Gasteiger partial charge is 0.223 e. The van der Waals surface area contributed by atoms with Crippen LogP contribution in [-0.4, -0.2) is 53.5 Å². The van der Waals surface area contributed by atoms with E-state index in [1.54, 1.807) is 5.57 Å². The van der Waals surface area contributed by atoms with Crippen LogP contribution in [0.5, 0.6) is 5.75 Å². The highest BCUT2D eigenvalue weighted by Gasteiger charge is 2.46. The lowest BCUT2D eigenvalue weighted by Gasteiger charge is -2.54. The third-order valence-corrected chi connectivity index (χ3v) is 7.90. The number of ether oxygens (including phenoxy) is 1. The number of benzene rings is 1. The van der Waals surface area contributed by atoms with Crippen molar-refractivity contribution in [2.45, 2.75) is 83.4 Å². The van der Waals surface area contributed by atoms with Crippen LogP contribution in [0.25, 0.3) is 0 Å². The number of hydrogen-bond acceptors (Lipinski definition) is 3. The topological polar surface area (TPSA) is 32.8 Å². The second kappa shape index (κ2) is 8.97. The van der Waals surface area contributed by atoms with E-state index in [1.807, 2.05) is 26.0 Å². The molecule has 1 amide bonds. The molecule has 3 aliphatic heterocycles. The fourth-order valence-electron chi connectivity index (χ4n) is 6.65. The van der Waals surface area contributed by atoms with Crippen LogP contribution in [0, 0.1) is 11.8 Å².